The molecule has 1 aliphatic rings. The number of carbonyl (C=O) groups is 1. The molecule has 1 aromatic heterocycles. The summed E-state index contributed by atoms with van der Waals surface area (Å²) in [6, 6.07) is 9.34. The van der Waals surface area contributed by atoms with Crippen molar-refractivity contribution in [1.29, 1.82) is 5.26 Å². The molecule has 3 rings (SSSR count). The maximum absolute atomic E-state index is 14.4. The van der Waals surface area contributed by atoms with Crippen LogP contribution in [0.4, 0.5) is 4.39 Å². The molecule has 1 aromatic carbocycles. The average Bonchev–Trinajstić information content (AvgIpc) is 2.63. The number of nitrogens with two attached hydrogens (primary N) is 1. The Morgan fingerprint density at radius 1 is 1.38 bits per heavy atom. The van der Waals surface area contributed by atoms with E-state index in [0.717, 1.165) is 0 Å². The van der Waals surface area contributed by atoms with Crippen LogP contribution in [0.3, 0.4) is 0 Å². The van der Waals surface area contributed by atoms with Crippen LogP contribution in [0.2, 0.25) is 0 Å². The summed E-state index contributed by atoms with van der Waals surface area (Å²) in [7, 11) is 0. The first-order chi connectivity index (χ1) is 12.4. The number of aliphatic imine (C=N–C) groups is 1. The highest BCUT2D eigenvalue weighted by atomic mass is 19.1. The highest BCUT2D eigenvalue weighted by Crippen LogP contribution is 2.32. The summed E-state index contributed by atoms with van der Waals surface area (Å²) in [5, 5.41) is 8.78. The smallest absolute Gasteiger partial charge is 0.288 e. The minimum Gasteiger partial charge on any atom is -0.434 e. The minimum atomic E-state index is -1.02. The Hall–Kier alpha value is -3.53. The topological polar surface area (TPSA) is 101 Å². The van der Waals surface area contributed by atoms with Crippen LogP contribution in [0.1, 0.15) is 34.1 Å². The van der Waals surface area contributed by atoms with Gasteiger partial charge in [-0.15, -0.1) is 0 Å². The fourth-order valence-electron chi connectivity index (χ4n) is 2.65. The molecule has 0 bridgehead atoms. The second-order valence-electron chi connectivity index (χ2n) is 5.98. The zero-order chi connectivity index (χ0) is 18.7. The Balaban J connectivity index is 1.88. The van der Waals surface area contributed by atoms with Gasteiger partial charge >= 0.3 is 0 Å². The molecule has 7 heteroatoms. The number of aromatic nitrogens is 1. The number of hydrogen-bond acceptors (Lipinski definition) is 6. The quantitative estimate of drug-likeness (QED) is 0.854. The molecule has 6 nitrogen and oxygen atoms in total. The van der Waals surface area contributed by atoms with Crippen molar-refractivity contribution >= 4 is 11.8 Å². The van der Waals surface area contributed by atoms with E-state index in [0.29, 0.717) is 11.1 Å². The Labute approximate surface area is 149 Å². The van der Waals surface area contributed by atoms with Crippen LogP contribution in [-0.2, 0) is 16.7 Å². The number of nitrogens with zero attached hydrogens (tertiary/aromatic N) is 3. The van der Waals surface area contributed by atoms with Gasteiger partial charge in [0.15, 0.2) is 5.78 Å². The fraction of sp³-hybridized carbons (Fsp3) is 0.158. The molecule has 0 fully saturated rings. The van der Waals surface area contributed by atoms with Crippen molar-refractivity contribution in [3.05, 3.63) is 77.1 Å². The standard InChI is InChI=1S/C19H15FN4O2/c1-19(6-7-26-18(22)24-19)14-8-12(2-4-15(14)20)9-17(25)16-5-3-13(10-21)11-23-16/h2-8,11H,9H2,1H3,(H2,22,24)/t19-/m0/s1. The summed E-state index contributed by atoms with van der Waals surface area (Å²) in [5.41, 5.74) is 6.10. The van der Waals surface area contributed by atoms with Crippen molar-refractivity contribution in [3.8, 4) is 6.07 Å². The molecule has 1 atom stereocenters. The third kappa shape index (κ3) is 3.44. The zero-order valence-electron chi connectivity index (χ0n) is 13.9. The normalized spacial score (nSPS) is 18.6. The minimum absolute atomic E-state index is 0.0433. The number of ketones is 1. The second kappa shape index (κ2) is 6.76. The maximum atomic E-state index is 14.4. The number of nitriles is 1. The monoisotopic (exact) mass is 350 g/mol. The Morgan fingerprint density at radius 2 is 2.19 bits per heavy atom. The number of pyridine rings is 1. The lowest BCUT2D eigenvalue weighted by atomic mass is 9.89. The molecule has 2 heterocycles. The van der Waals surface area contributed by atoms with Crippen molar-refractivity contribution < 1.29 is 13.9 Å². The van der Waals surface area contributed by atoms with Gasteiger partial charge < -0.3 is 10.5 Å². The molecule has 0 saturated heterocycles. The highest BCUT2D eigenvalue weighted by Gasteiger charge is 2.30. The lowest BCUT2D eigenvalue weighted by molar-refractivity contribution is 0.0988. The molecule has 1 aliphatic heterocycles. The summed E-state index contributed by atoms with van der Waals surface area (Å²) in [5.74, 6) is -0.689. The summed E-state index contributed by atoms with van der Waals surface area (Å²) in [6.07, 6.45) is 4.34. The van der Waals surface area contributed by atoms with Crippen molar-refractivity contribution in [1.82, 2.24) is 4.98 Å². The van der Waals surface area contributed by atoms with E-state index in [9.17, 15) is 9.18 Å². The zero-order valence-corrected chi connectivity index (χ0v) is 13.9. The van der Waals surface area contributed by atoms with Gasteiger partial charge in [-0.3, -0.25) is 9.78 Å². The van der Waals surface area contributed by atoms with Crippen LogP contribution in [0.25, 0.3) is 0 Å². The van der Waals surface area contributed by atoms with E-state index in [1.54, 1.807) is 25.1 Å². The fourth-order valence-corrected chi connectivity index (χ4v) is 2.65. The first kappa shape index (κ1) is 17.3. The van der Waals surface area contributed by atoms with Crippen LogP contribution in [0.15, 0.2) is 53.9 Å². The van der Waals surface area contributed by atoms with E-state index in [4.69, 9.17) is 15.7 Å². The number of amidine groups is 1. The van der Waals surface area contributed by atoms with E-state index >= 15 is 0 Å². The molecule has 0 radical (unpaired) electrons. The SMILES string of the molecule is C[C@@]1(c2cc(CC(=O)c3ccc(C#N)cn3)ccc2F)C=COC(N)=N1. The van der Waals surface area contributed by atoms with Gasteiger partial charge in [-0.1, -0.05) is 6.07 Å². The molecule has 0 amide bonds. The third-order valence-corrected chi connectivity index (χ3v) is 4.04. The van der Waals surface area contributed by atoms with Gasteiger partial charge in [0.05, 0.1) is 11.8 Å². The predicted molar refractivity (Wildman–Crippen MR) is 92.6 cm³/mol. The highest BCUT2D eigenvalue weighted by molar-refractivity contribution is 5.95. The summed E-state index contributed by atoms with van der Waals surface area (Å²) in [6.45, 7) is 1.70. The van der Waals surface area contributed by atoms with Crippen LogP contribution in [0, 0.1) is 17.1 Å². The van der Waals surface area contributed by atoms with Crippen LogP contribution < -0.4 is 5.73 Å². The van der Waals surface area contributed by atoms with Crippen molar-refractivity contribution in [3.63, 3.8) is 0 Å². The van der Waals surface area contributed by atoms with Crippen LogP contribution in [-0.4, -0.2) is 16.8 Å². The van der Waals surface area contributed by atoms with Gasteiger partial charge in [-0.2, -0.15) is 5.26 Å². The summed E-state index contributed by atoms with van der Waals surface area (Å²) < 4.78 is 19.3. The molecule has 2 N–H and O–H groups in total. The molecule has 0 saturated carbocycles. The number of Topliss-reactive ketones (excluding diaryl/α,β-unsaturated/α-hetero) is 1. The van der Waals surface area contributed by atoms with Gasteiger partial charge in [-0.25, -0.2) is 9.38 Å². The second-order valence-corrected chi connectivity index (χ2v) is 5.98. The number of rotatable bonds is 4. The van der Waals surface area contributed by atoms with Crippen molar-refractivity contribution in [2.24, 2.45) is 10.7 Å². The van der Waals surface area contributed by atoms with E-state index in [1.165, 1.54) is 30.7 Å². The van der Waals surface area contributed by atoms with E-state index < -0.39 is 11.4 Å². The molecule has 2 aromatic rings. The van der Waals surface area contributed by atoms with Crippen LogP contribution in [0.5, 0.6) is 0 Å². The summed E-state index contributed by atoms with van der Waals surface area (Å²) >= 11 is 0. The molecular formula is C19H15FN4O2. The molecule has 0 unspecified atom stereocenters. The number of halogens is 1. The molecule has 0 spiro atoms. The Bertz CT molecular complexity index is 960. The third-order valence-electron chi connectivity index (χ3n) is 4.04. The van der Waals surface area contributed by atoms with Gasteiger partial charge in [-0.05, 0) is 42.8 Å². The molecule has 130 valence electrons. The number of hydrogen-bond donors (Lipinski definition) is 1. The number of benzene rings is 1. The van der Waals surface area contributed by atoms with Crippen molar-refractivity contribution in [2.75, 3.05) is 0 Å². The first-order valence-electron chi connectivity index (χ1n) is 7.79. The largest absolute Gasteiger partial charge is 0.434 e. The van der Waals surface area contributed by atoms with Gasteiger partial charge in [0.1, 0.15) is 23.1 Å². The Kier molecular flexibility index (Phi) is 4.50. The summed E-state index contributed by atoms with van der Waals surface area (Å²) in [4.78, 5) is 20.5. The van der Waals surface area contributed by atoms with Gasteiger partial charge in [0.2, 0.25) is 0 Å². The molecule has 0 aliphatic carbocycles. The predicted octanol–water partition coefficient (Wildman–Crippen LogP) is 2.59. The lowest BCUT2D eigenvalue weighted by Crippen LogP contribution is -2.28. The van der Waals surface area contributed by atoms with Crippen molar-refractivity contribution in [2.45, 2.75) is 18.9 Å². The van der Waals surface area contributed by atoms with E-state index in [1.807, 2.05) is 6.07 Å². The number of carbonyl (C=O) groups excluding carboxylic acids is 1. The average molecular weight is 350 g/mol. The van der Waals surface area contributed by atoms with E-state index in [-0.39, 0.29) is 29.5 Å². The van der Waals surface area contributed by atoms with Gasteiger partial charge in [0.25, 0.3) is 6.02 Å². The lowest BCUT2D eigenvalue weighted by Gasteiger charge is -2.25. The first-order valence-corrected chi connectivity index (χ1v) is 7.79. The maximum Gasteiger partial charge on any atom is 0.288 e. The van der Waals surface area contributed by atoms with Crippen LogP contribution >= 0.6 is 0 Å². The van der Waals surface area contributed by atoms with Gasteiger partial charge in [0, 0.05) is 18.2 Å². The molecule has 26 heavy (non-hydrogen) atoms. The molecular weight excluding hydrogens is 335 g/mol. The Morgan fingerprint density at radius 3 is 2.85 bits per heavy atom. The van der Waals surface area contributed by atoms with E-state index in [2.05, 4.69) is 9.98 Å². The number of ether oxygens (including phenoxy) is 1.